The summed E-state index contributed by atoms with van der Waals surface area (Å²) in [7, 11) is 3.26. The van der Waals surface area contributed by atoms with Crippen LogP contribution < -0.4 is 9.47 Å². The van der Waals surface area contributed by atoms with Crippen molar-refractivity contribution in [2.75, 3.05) is 14.2 Å². The predicted molar refractivity (Wildman–Crippen MR) is 98.5 cm³/mol. The van der Waals surface area contributed by atoms with Gasteiger partial charge in [0.2, 0.25) is 0 Å². The molecule has 0 unspecified atom stereocenters. The fourth-order valence-electron chi connectivity index (χ4n) is 4.77. The van der Waals surface area contributed by atoms with Gasteiger partial charge in [0.25, 0.3) is 0 Å². The molecule has 3 nitrogen and oxygen atoms in total. The van der Waals surface area contributed by atoms with Gasteiger partial charge < -0.3 is 9.47 Å². The van der Waals surface area contributed by atoms with Crippen LogP contribution in [0.4, 0.5) is 0 Å². The zero-order valence-corrected chi connectivity index (χ0v) is 15.3. The van der Waals surface area contributed by atoms with Crippen molar-refractivity contribution in [3.05, 3.63) is 64.2 Å². The summed E-state index contributed by atoms with van der Waals surface area (Å²) in [5, 5.41) is 0. The van der Waals surface area contributed by atoms with E-state index in [1.165, 1.54) is 16.7 Å². The minimum Gasteiger partial charge on any atom is -0.497 e. The predicted octanol–water partition coefficient (Wildman–Crippen LogP) is 4.63. The van der Waals surface area contributed by atoms with Crippen LogP contribution in [-0.4, -0.2) is 20.0 Å². The number of carbonyl (C=O) groups is 1. The number of benzene rings is 2. The van der Waals surface area contributed by atoms with E-state index < -0.39 is 5.41 Å². The zero-order chi connectivity index (χ0) is 17.9. The third kappa shape index (κ3) is 1.84. The summed E-state index contributed by atoms with van der Waals surface area (Å²) >= 11 is 0. The van der Waals surface area contributed by atoms with E-state index in [4.69, 9.17) is 9.47 Å². The van der Waals surface area contributed by atoms with Crippen LogP contribution in [0.5, 0.6) is 11.5 Å². The van der Waals surface area contributed by atoms with Crippen LogP contribution >= 0.6 is 0 Å². The number of allylic oxidation sites excluding steroid dienone is 2. The summed E-state index contributed by atoms with van der Waals surface area (Å²) < 4.78 is 11.1. The molecule has 25 heavy (non-hydrogen) atoms. The van der Waals surface area contributed by atoms with Gasteiger partial charge in [-0.05, 0) is 36.6 Å². The Morgan fingerprint density at radius 3 is 2.40 bits per heavy atom. The molecule has 0 saturated heterocycles. The van der Waals surface area contributed by atoms with Gasteiger partial charge in [-0.3, -0.25) is 4.79 Å². The van der Waals surface area contributed by atoms with E-state index in [1.807, 2.05) is 18.2 Å². The summed E-state index contributed by atoms with van der Waals surface area (Å²) in [4.78, 5) is 13.4. The highest BCUT2D eigenvalue weighted by molar-refractivity contribution is 6.09. The van der Waals surface area contributed by atoms with Gasteiger partial charge in [0.15, 0.2) is 5.78 Å². The van der Waals surface area contributed by atoms with E-state index in [1.54, 1.807) is 14.2 Å². The Bertz CT molecular complexity index is 938. The fraction of sp³-hybridized carbons (Fsp3) is 0.318. The Labute approximate surface area is 148 Å². The average molecular weight is 334 g/mol. The van der Waals surface area contributed by atoms with E-state index in [0.29, 0.717) is 11.3 Å². The molecule has 0 fully saturated rings. The third-order valence-corrected chi connectivity index (χ3v) is 6.07. The Kier molecular flexibility index (Phi) is 3.33. The first-order valence-corrected chi connectivity index (χ1v) is 8.53. The number of hydrogen-bond acceptors (Lipinski definition) is 3. The number of ether oxygens (including phenoxy) is 2. The molecule has 2 atom stereocenters. The summed E-state index contributed by atoms with van der Waals surface area (Å²) in [6.07, 6.45) is 0. The molecule has 0 heterocycles. The molecule has 128 valence electrons. The Morgan fingerprint density at radius 2 is 1.72 bits per heavy atom. The summed E-state index contributed by atoms with van der Waals surface area (Å²) in [6, 6.07) is 12.1. The highest BCUT2D eigenvalue weighted by atomic mass is 16.5. The van der Waals surface area contributed by atoms with Gasteiger partial charge in [-0.2, -0.15) is 0 Å². The van der Waals surface area contributed by atoms with Crippen LogP contribution in [0.2, 0.25) is 0 Å². The standard InChI is InChI=1S/C22H22O3/c1-12-13(2)19-21(23)16-10-14(24-4)11-18(25-5)20(16)22(19,3)17-9-7-6-8-15(12)17/h6-11,19H,1-5H3/t19-,22-/m0/s1. The van der Waals surface area contributed by atoms with Crippen LogP contribution in [0.3, 0.4) is 0 Å². The molecule has 2 aromatic rings. The van der Waals surface area contributed by atoms with Crippen LogP contribution in [0.1, 0.15) is 47.8 Å². The molecule has 0 saturated carbocycles. The first-order valence-electron chi connectivity index (χ1n) is 8.53. The third-order valence-electron chi connectivity index (χ3n) is 6.07. The van der Waals surface area contributed by atoms with Gasteiger partial charge in [0.1, 0.15) is 11.5 Å². The molecule has 2 aliphatic rings. The molecule has 3 heteroatoms. The Morgan fingerprint density at radius 1 is 1.00 bits per heavy atom. The number of ketones is 1. The quantitative estimate of drug-likeness (QED) is 0.803. The molecular formula is C22H22O3. The van der Waals surface area contributed by atoms with Crippen molar-refractivity contribution in [3.8, 4) is 11.5 Å². The number of methoxy groups -OCH3 is 2. The largest absolute Gasteiger partial charge is 0.497 e. The van der Waals surface area contributed by atoms with Gasteiger partial charge in [-0.15, -0.1) is 0 Å². The summed E-state index contributed by atoms with van der Waals surface area (Å²) in [6.45, 7) is 6.37. The maximum atomic E-state index is 13.4. The molecular weight excluding hydrogens is 312 g/mol. The highest BCUT2D eigenvalue weighted by Gasteiger charge is 2.55. The van der Waals surface area contributed by atoms with Crippen LogP contribution in [0.25, 0.3) is 5.57 Å². The average Bonchev–Trinajstić information content (AvgIpc) is 2.87. The Balaban J connectivity index is 2.13. The SMILES string of the molecule is COc1cc(OC)c2c(c1)C(=O)[C@@H]1C(C)=C(C)c3ccccc3[C@]21C. The number of fused-ring (bicyclic) bond motifs is 5. The minimum absolute atomic E-state index is 0.154. The van der Waals surface area contributed by atoms with Crippen molar-refractivity contribution in [3.63, 3.8) is 0 Å². The van der Waals surface area contributed by atoms with Crippen molar-refractivity contribution >= 4 is 11.4 Å². The van der Waals surface area contributed by atoms with E-state index in [9.17, 15) is 4.79 Å². The second-order valence-corrected chi connectivity index (χ2v) is 7.11. The summed E-state index contributed by atoms with van der Waals surface area (Å²) in [5.41, 5.74) is 6.02. The molecule has 4 rings (SSSR count). The van der Waals surface area contributed by atoms with Gasteiger partial charge in [-0.1, -0.05) is 36.8 Å². The maximum absolute atomic E-state index is 13.4. The molecule has 0 aromatic heterocycles. The lowest BCUT2D eigenvalue weighted by Crippen LogP contribution is -2.36. The molecule has 2 aromatic carbocycles. The first kappa shape index (κ1) is 15.9. The van der Waals surface area contributed by atoms with Crippen LogP contribution in [0, 0.1) is 5.92 Å². The fourth-order valence-corrected chi connectivity index (χ4v) is 4.77. The van der Waals surface area contributed by atoms with Crippen LogP contribution in [0.15, 0.2) is 42.0 Å². The van der Waals surface area contributed by atoms with Gasteiger partial charge in [0, 0.05) is 22.6 Å². The van der Waals surface area contributed by atoms with Crippen molar-refractivity contribution in [1.82, 2.24) is 0 Å². The summed E-state index contributed by atoms with van der Waals surface area (Å²) in [5.74, 6) is 1.33. The highest BCUT2D eigenvalue weighted by Crippen LogP contribution is 2.58. The van der Waals surface area contributed by atoms with Gasteiger partial charge >= 0.3 is 0 Å². The monoisotopic (exact) mass is 334 g/mol. The van der Waals surface area contributed by atoms with Crippen molar-refractivity contribution in [2.45, 2.75) is 26.2 Å². The van der Waals surface area contributed by atoms with E-state index in [-0.39, 0.29) is 11.7 Å². The number of carbonyl (C=O) groups excluding carboxylic acids is 1. The van der Waals surface area contributed by atoms with Crippen LogP contribution in [-0.2, 0) is 5.41 Å². The zero-order valence-electron chi connectivity index (χ0n) is 15.3. The lowest BCUT2D eigenvalue weighted by molar-refractivity contribution is 0.0929. The van der Waals surface area contributed by atoms with Crippen molar-refractivity contribution in [1.29, 1.82) is 0 Å². The molecule has 2 aliphatic carbocycles. The topological polar surface area (TPSA) is 35.5 Å². The number of rotatable bonds is 2. The van der Waals surface area contributed by atoms with E-state index >= 15 is 0 Å². The Hall–Kier alpha value is -2.55. The minimum atomic E-state index is -0.426. The lowest BCUT2D eigenvalue weighted by atomic mass is 9.62. The molecule has 0 amide bonds. The molecule has 0 N–H and O–H groups in total. The second-order valence-electron chi connectivity index (χ2n) is 7.11. The second kappa shape index (κ2) is 5.22. The molecule has 0 radical (unpaired) electrons. The molecule has 0 spiro atoms. The normalized spacial score (nSPS) is 23.9. The van der Waals surface area contributed by atoms with Gasteiger partial charge in [-0.25, -0.2) is 0 Å². The van der Waals surface area contributed by atoms with E-state index in [0.717, 1.165) is 16.9 Å². The van der Waals surface area contributed by atoms with E-state index in [2.05, 4.69) is 39.0 Å². The number of hydrogen-bond donors (Lipinski definition) is 0. The maximum Gasteiger partial charge on any atom is 0.171 e. The molecule has 0 bridgehead atoms. The lowest BCUT2D eigenvalue weighted by Gasteiger charge is -2.40. The first-order chi connectivity index (χ1) is 11.9. The molecule has 0 aliphatic heterocycles. The smallest absolute Gasteiger partial charge is 0.171 e. The number of Topliss-reactive ketones (excluding diaryl/α,β-unsaturated/α-hetero) is 1. The van der Waals surface area contributed by atoms with Crippen molar-refractivity contribution in [2.24, 2.45) is 5.92 Å². The van der Waals surface area contributed by atoms with Crippen molar-refractivity contribution < 1.29 is 14.3 Å². The van der Waals surface area contributed by atoms with Gasteiger partial charge in [0.05, 0.1) is 20.1 Å².